The Bertz CT molecular complexity index is 698. The molecule has 3 amide bonds. The molecule has 0 aliphatic carbocycles. The third-order valence-electron chi connectivity index (χ3n) is 3.67. The van der Waals surface area contributed by atoms with Crippen molar-refractivity contribution in [3.63, 3.8) is 0 Å². The Morgan fingerprint density at radius 3 is 2.74 bits per heavy atom. The highest BCUT2D eigenvalue weighted by molar-refractivity contribution is 7.99. The van der Waals surface area contributed by atoms with Crippen LogP contribution in [0.1, 0.15) is 17.0 Å². The number of thioether (sulfide) groups is 1. The molecule has 120 valence electrons. The molecule has 1 aliphatic heterocycles. The van der Waals surface area contributed by atoms with Gasteiger partial charge in [-0.1, -0.05) is 42.1 Å². The molecule has 0 atom stereocenters. The molecule has 6 nitrogen and oxygen atoms in total. The van der Waals surface area contributed by atoms with E-state index in [0.29, 0.717) is 12.3 Å². The molecule has 2 heterocycles. The van der Waals surface area contributed by atoms with E-state index in [9.17, 15) is 9.59 Å². The van der Waals surface area contributed by atoms with Gasteiger partial charge in [-0.25, -0.2) is 9.78 Å². The zero-order chi connectivity index (χ0) is 16.2. The van der Waals surface area contributed by atoms with Crippen LogP contribution in [0.15, 0.2) is 35.5 Å². The molecule has 2 N–H and O–H groups in total. The van der Waals surface area contributed by atoms with E-state index >= 15 is 0 Å². The van der Waals surface area contributed by atoms with Gasteiger partial charge in [0.25, 0.3) is 0 Å². The van der Waals surface area contributed by atoms with Crippen molar-refractivity contribution in [2.24, 2.45) is 0 Å². The fourth-order valence-electron chi connectivity index (χ4n) is 2.41. The monoisotopic (exact) mass is 330 g/mol. The molecule has 1 fully saturated rings. The minimum Gasteiger partial charge on any atom is -0.337 e. The summed E-state index contributed by atoms with van der Waals surface area (Å²) >= 11 is 1.52. The third kappa shape index (κ3) is 3.73. The number of H-pyrrole nitrogens is 1. The lowest BCUT2D eigenvalue weighted by Crippen LogP contribution is -2.32. The van der Waals surface area contributed by atoms with Crippen molar-refractivity contribution < 1.29 is 9.59 Å². The predicted molar refractivity (Wildman–Crippen MR) is 88.4 cm³/mol. The molecule has 23 heavy (non-hydrogen) atoms. The smallest absolute Gasteiger partial charge is 0.324 e. The maximum Gasteiger partial charge on any atom is 0.324 e. The summed E-state index contributed by atoms with van der Waals surface area (Å²) in [6.07, 6.45) is 0.788. The number of imidazole rings is 1. The maximum atomic E-state index is 11.5. The van der Waals surface area contributed by atoms with E-state index in [1.165, 1.54) is 22.2 Å². The fourth-order valence-corrected chi connectivity index (χ4v) is 3.28. The average Bonchev–Trinajstić information content (AvgIpc) is 3.05. The molecule has 0 saturated carbocycles. The van der Waals surface area contributed by atoms with Gasteiger partial charge in [-0.05, 0) is 12.5 Å². The number of nitrogens with zero attached hydrogens (tertiary/aromatic N) is 2. The van der Waals surface area contributed by atoms with E-state index in [-0.39, 0.29) is 18.5 Å². The van der Waals surface area contributed by atoms with E-state index < -0.39 is 0 Å². The van der Waals surface area contributed by atoms with Crippen molar-refractivity contribution >= 4 is 23.7 Å². The highest BCUT2D eigenvalue weighted by Gasteiger charge is 2.27. The normalized spacial score (nSPS) is 14.4. The SMILES string of the molecule is Cc1[nH]c(SCCN2C(=O)CNC2=O)nc1Cc1ccccc1. The van der Waals surface area contributed by atoms with Crippen molar-refractivity contribution in [3.8, 4) is 0 Å². The molecule has 1 aromatic carbocycles. The van der Waals surface area contributed by atoms with Gasteiger partial charge in [-0.3, -0.25) is 9.69 Å². The molecule has 1 saturated heterocycles. The average molecular weight is 330 g/mol. The van der Waals surface area contributed by atoms with Gasteiger partial charge in [-0.2, -0.15) is 0 Å². The number of urea groups is 1. The number of carbonyl (C=O) groups is 2. The molecule has 7 heteroatoms. The first kappa shape index (κ1) is 15.6. The van der Waals surface area contributed by atoms with Crippen molar-refractivity contribution in [1.82, 2.24) is 20.2 Å². The molecular formula is C16H18N4O2S. The van der Waals surface area contributed by atoms with Crippen LogP contribution < -0.4 is 5.32 Å². The van der Waals surface area contributed by atoms with Crippen LogP contribution in [0.25, 0.3) is 0 Å². The first-order valence-electron chi connectivity index (χ1n) is 7.44. The van der Waals surface area contributed by atoms with Gasteiger partial charge in [-0.15, -0.1) is 0 Å². The largest absolute Gasteiger partial charge is 0.337 e. The lowest BCUT2D eigenvalue weighted by molar-refractivity contribution is -0.124. The molecule has 0 bridgehead atoms. The molecule has 1 aromatic heterocycles. The molecule has 2 aromatic rings. The summed E-state index contributed by atoms with van der Waals surface area (Å²) < 4.78 is 0. The van der Waals surface area contributed by atoms with Gasteiger partial charge < -0.3 is 10.3 Å². The molecule has 0 radical (unpaired) electrons. The van der Waals surface area contributed by atoms with Crippen LogP contribution in [0.4, 0.5) is 4.79 Å². The van der Waals surface area contributed by atoms with Crippen LogP contribution in [0.3, 0.4) is 0 Å². The Hall–Kier alpha value is -2.28. The van der Waals surface area contributed by atoms with E-state index in [2.05, 4.69) is 27.4 Å². The van der Waals surface area contributed by atoms with Gasteiger partial charge in [0.1, 0.15) is 0 Å². The second-order valence-electron chi connectivity index (χ2n) is 5.33. The predicted octanol–water partition coefficient (Wildman–Crippen LogP) is 1.95. The molecular weight excluding hydrogens is 312 g/mol. The number of carbonyl (C=O) groups excluding carboxylic acids is 2. The molecule has 1 aliphatic rings. The van der Waals surface area contributed by atoms with Gasteiger partial charge >= 0.3 is 6.03 Å². The van der Waals surface area contributed by atoms with E-state index in [1.807, 2.05) is 25.1 Å². The lowest BCUT2D eigenvalue weighted by atomic mass is 10.1. The topological polar surface area (TPSA) is 78.1 Å². The number of hydrogen-bond donors (Lipinski definition) is 2. The van der Waals surface area contributed by atoms with Crippen molar-refractivity contribution in [3.05, 3.63) is 47.3 Å². The summed E-state index contributed by atoms with van der Waals surface area (Å²) in [5.41, 5.74) is 3.29. The first-order valence-corrected chi connectivity index (χ1v) is 8.42. The minimum absolute atomic E-state index is 0.102. The van der Waals surface area contributed by atoms with E-state index in [0.717, 1.165) is 23.0 Å². The number of aryl methyl sites for hydroxylation is 1. The number of hydrogen-bond acceptors (Lipinski definition) is 4. The summed E-state index contributed by atoms with van der Waals surface area (Å²) in [6.45, 7) is 2.50. The zero-order valence-corrected chi connectivity index (χ0v) is 13.7. The van der Waals surface area contributed by atoms with Crippen LogP contribution in [0.2, 0.25) is 0 Å². The summed E-state index contributed by atoms with van der Waals surface area (Å²) in [5, 5.41) is 3.33. The molecule has 0 spiro atoms. The van der Waals surface area contributed by atoms with Crippen LogP contribution in [-0.2, 0) is 11.2 Å². The maximum absolute atomic E-state index is 11.5. The van der Waals surface area contributed by atoms with Crippen molar-refractivity contribution in [2.75, 3.05) is 18.8 Å². The van der Waals surface area contributed by atoms with Crippen LogP contribution >= 0.6 is 11.8 Å². The van der Waals surface area contributed by atoms with Crippen LogP contribution in [0, 0.1) is 6.92 Å². The first-order chi connectivity index (χ1) is 11.1. The number of imide groups is 1. The fraction of sp³-hybridized carbons (Fsp3) is 0.312. The molecule has 0 unspecified atom stereocenters. The Morgan fingerprint density at radius 1 is 1.26 bits per heavy atom. The Balaban J connectivity index is 1.56. The number of aromatic amines is 1. The number of nitrogens with one attached hydrogen (secondary N) is 2. The number of benzene rings is 1. The van der Waals surface area contributed by atoms with Crippen molar-refractivity contribution in [1.29, 1.82) is 0 Å². The summed E-state index contributed by atoms with van der Waals surface area (Å²) in [7, 11) is 0. The standard InChI is InChI=1S/C16H18N4O2S/c1-11-13(9-12-5-3-2-4-6-12)19-15(18-11)23-8-7-20-14(21)10-17-16(20)22/h2-6H,7-10H2,1H3,(H,17,22)(H,18,19). The van der Waals surface area contributed by atoms with Gasteiger partial charge in [0.05, 0.1) is 12.2 Å². The summed E-state index contributed by atoms with van der Waals surface area (Å²) in [4.78, 5) is 32.1. The minimum atomic E-state index is -0.309. The molecule has 3 rings (SSSR count). The second-order valence-corrected chi connectivity index (χ2v) is 6.41. The second kappa shape index (κ2) is 6.87. The lowest BCUT2D eigenvalue weighted by Gasteiger charge is -2.10. The van der Waals surface area contributed by atoms with Crippen LogP contribution in [-0.4, -0.2) is 45.6 Å². The zero-order valence-electron chi connectivity index (χ0n) is 12.8. The highest BCUT2D eigenvalue weighted by atomic mass is 32.2. The van der Waals surface area contributed by atoms with Crippen molar-refractivity contribution in [2.45, 2.75) is 18.5 Å². The Labute approximate surface area is 138 Å². The number of rotatable bonds is 6. The summed E-state index contributed by atoms with van der Waals surface area (Å²) in [6, 6.07) is 9.89. The van der Waals surface area contributed by atoms with Gasteiger partial charge in [0.15, 0.2) is 5.16 Å². The van der Waals surface area contributed by atoms with E-state index in [4.69, 9.17) is 0 Å². The van der Waals surface area contributed by atoms with Crippen LogP contribution in [0.5, 0.6) is 0 Å². The van der Waals surface area contributed by atoms with E-state index in [1.54, 1.807) is 0 Å². The Kier molecular flexibility index (Phi) is 4.66. The number of amides is 3. The van der Waals surface area contributed by atoms with Gasteiger partial charge in [0.2, 0.25) is 5.91 Å². The quantitative estimate of drug-likeness (QED) is 0.627. The summed E-state index contributed by atoms with van der Waals surface area (Å²) in [5.74, 6) is 0.452. The Morgan fingerprint density at radius 2 is 2.04 bits per heavy atom. The highest BCUT2D eigenvalue weighted by Crippen LogP contribution is 2.19. The van der Waals surface area contributed by atoms with Gasteiger partial charge in [0, 0.05) is 24.4 Å². The third-order valence-corrected chi connectivity index (χ3v) is 4.52. The number of aromatic nitrogens is 2.